The normalized spacial score (nSPS) is 10.5. The van der Waals surface area contributed by atoms with Gasteiger partial charge in [0, 0.05) is 11.7 Å². The molecular formula is C11H7ClFNO3. The minimum atomic E-state index is -1.16. The minimum Gasteiger partial charge on any atom is -0.494 e. The van der Waals surface area contributed by atoms with Gasteiger partial charge in [-0.1, -0.05) is 0 Å². The predicted octanol–water partition coefficient (Wildman–Crippen LogP) is 2.26. The SMILES string of the molecule is COc1ccc2[nH]cc(C(=O)C(=O)Cl)c2c1F. The number of ketones is 1. The van der Waals surface area contributed by atoms with E-state index in [2.05, 4.69) is 4.98 Å². The molecule has 0 atom stereocenters. The third-order valence-electron chi connectivity index (χ3n) is 2.39. The Morgan fingerprint density at radius 3 is 2.71 bits per heavy atom. The Kier molecular flexibility index (Phi) is 2.85. The summed E-state index contributed by atoms with van der Waals surface area (Å²) >= 11 is 5.09. The van der Waals surface area contributed by atoms with Crippen molar-refractivity contribution in [3.8, 4) is 5.75 Å². The molecular weight excluding hydrogens is 249 g/mol. The molecule has 4 nitrogen and oxygen atoms in total. The summed E-state index contributed by atoms with van der Waals surface area (Å²) in [7, 11) is 1.31. The van der Waals surface area contributed by atoms with Crippen LogP contribution in [0.3, 0.4) is 0 Å². The number of carbonyl (C=O) groups excluding carboxylic acids is 2. The minimum absolute atomic E-state index is 0.00310. The highest BCUT2D eigenvalue weighted by Crippen LogP contribution is 2.29. The number of ether oxygens (including phenoxy) is 1. The van der Waals surface area contributed by atoms with Crippen molar-refractivity contribution in [3.63, 3.8) is 0 Å². The molecule has 1 aromatic carbocycles. The molecule has 0 unspecified atom stereocenters. The summed E-state index contributed by atoms with van der Waals surface area (Å²) in [6, 6.07) is 2.97. The van der Waals surface area contributed by atoms with Crippen LogP contribution in [0.5, 0.6) is 5.75 Å². The number of halogens is 2. The maximum absolute atomic E-state index is 13.9. The standard InChI is InChI=1S/C11H7ClFNO3/c1-17-7-3-2-6-8(9(7)13)5(4-14-6)10(15)11(12)16/h2-4,14H,1H3. The number of aromatic nitrogens is 1. The molecule has 0 aliphatic heterocycles. The van der Waals surface area contributed by atoms with Crippen LogP contribution in [0.25, 0.3) is 10.9 Å². The number of hydrogen-bond donors (Lipinski definition) is 1. The summed E-state index contributed by atoms with van der Waals surface area (Å²) < 4.78 is 18.7. The summed E-state index contributed by atoms with van der Waals surface area (Å²) in [5, 5.41) is -1.16. The van der Waals surface area contributed by atoms with Crippen LogP contribution < -0.4 is 4.74 Å². The number of carbonyl (C=O) groups is 2. The maximum atomic E-state index is 13.9. The smallest absolute Gasteiger partial charge is 0.293 e. The van der Waals surface area contributed by atoms with Crippen LogP contribution in [-0.4, -0.2) is 23.1 Å². The molecule has 0 spiro atoms. The maximum Gasteiger partial charge on any atom is 0.293 e. The largest absolute Gasteiger partial charge is 0.494 e. The molecule has 2 aromatic rings. The lowest BCUT2D eigenvalue weighted by Crippen LogP contribution is -2.07. The van der Waals surface area contributed by atoms with Gasteiger partial charge < -0.3 is 9.72 Å². The average molecular weight is 256 g/mol. The van der Waals surface area contributed by atoms with E-state index in [1.165, 1.54) is 19.4 Å². The molecule has 88 valence electrons. The van der Waals surface area contributed by atoms with Crippen LogP contribution in [0.15, 0.2) is 18.3 Å². The highest BCUT2D eigenvalue weighted by atomic mass is 35.5. The Hall–Kier alpha value is -1.88. The van der Waals surface area contributed by atoms with Crippen molar-refractivity contribution in [2.45, 2.75) is 0 Å². The number of Topliss-reactive ketones (excluding diaryl/α,β-unsaturated/α-hetero) is 1. The second-order valence-electron chi connectivity index (χ2n) is 3.31. The van der Waals surface area contributed by atoms with Crippen LogP contribution in [0.1, 0.15) is 10.4 Å². The fourth-order valence-corrected chi connectivity index (χ4v) is 1.71. The fourth-order valence-electron chi connectivity index (χ4n) is 1.61. The van der Waals surface area contributed by atoms with E-state index >= 15 is 0 Å². The van der Waals surface area contributed by atoms with E-state index in [0.29, 0.717) is 5.52 Å². The molecule has 0 amide bonds. The Labute approximate surface area is 100 Å². The van der Waals surface area contributed by atoms with Crippen LogP contribution in [0, 0.1) is 5.82 Å². The summed E-state index contributed by atoms with van der Waals surface area (Å²) in [6.45, 7) is 0. The van der Waals surface area contributed by atoms with Crippen molar-refractivity contribution >= 4 is 33.5 Å². The van der Waals surface area contributed by atoms with Gasteiger partial charge in [0.25, 0.3) is 5.24 Å². The first kappa shape index (κ1) is 11.6. The van der Waals surface area contributed by atoms with Crippen molar-refractivity contribution in [2.24, 2.45) is 0 Å². The van der Waals surface area contributed by atoms with Gasteiger partial charge in [-0.05, 0) is 23.7 Å². The van der Waals surface area contributed by atoms with E-state index in [9.17, 15) is 14.0 Å². The van der Waals surface area contributed by atoms with Crippen LogP contribution in [0.2, 0.25) is 0 Å². The molecule has 0 saturated heterocycles. The number of benzene rings is 1. The van der Waals surface area contributed by atoms with E-state index in [0.717, 1.165) is 0 Å². The van der Waals surface area contributed by atoms with Crippen molar-refractivity contribution in [1.29, 1.82) is 0 Å². The van der Waals surface area contributed by atoms with Crippen molar-refractivity contribution in [3.05, 3.63) is 29.7 Å². The Bertz CT molecular complexity index is 620. The summed E-state index contributed by atoms with van der Waals surface area (Å²) in [5.74, 6) is -1.66. The first-order valence-electron chi connectivity index (χ1n) is 4.64. The monoisotopic (exact) mass is 255 g/mol. The molecule has 0 saturated carbocycles. The van der Waals surface area contributed by atoms with Gasteiger partial charge in [-0.2, -0.15) is 0 Å². The van der Waals surface area contributed by atoms with Gasteiger partial charge in [0.1, 0.15) is 0 Å². The molecule has 2 rings (SSSR count). The van der Waals surface area contributed by atoms with E-state index in [1.54, 1.807) is 6.07 Å². The zero-order valence-corrected chi connectivity index (χ0v) is 9.47. The zero-order valence-electron chi connectivity index (χ0n) is 8.71. The third kappa shape index (κ3) is 1.78. The lowest BCUT2D eigenvalue weighted by Gasteiger charge is -2.03. The van der Waals surface area contributed by atoms with Gasteiger partial charge in [0.15, 0.2) is 11.6 Å². The van der Waals surface area contributed by atoms with Gasteiger partial charge >= 0.3 is 0 Å². The number of fused-ring (bicyclic) bond motifs is 1. The average Bonchev–Trinajstić information content (AvgIpc) is 2.73. The molecule has 6 heteroatoms. The second kappa shape index (κ2) is 4.18. The van der Waals surface area contributed by atoms with Crippen LogP contribution in [0.4, 0.5) is 4.39 Å². The second-order valence-corrected chi connectivity index (χ2v) is 3.65. The van der Waals surface area contributed by atoms with Gasteiger partial charge in [-0.25, -0.2) is 4.39 Å². The molecule has 0 bridgehead atoms. The predicted molar refractivity (Wildman–Crippen MR) is 60.0 cm³/mol. The highest BCUT2D eigenvalue weighted by Gasteiger charge is 2.21. The van der Waals surface area contributed by atoms with Crippen LogP contribution in [-0.2, 0) is 4.79 Å². The molecule has 1 aromatic heterocycles. The van der Waals surface area contributed by atoms with E-state index < -0.39 is 16.8 Å². The lowest BCUT2D eigenvalue weighted by molar-refractivity contribution is -0.108. The number of methoxy groups -OCH3 is 1. The van der Waals surface area contributed by atoms with E-state index in [1.807, 2.05) is 0 Å². The van der Waals surface area contributed by atoms with Gasteiger partial charge in [0.05, 0.1) is 18.1 Å². The molecule has 0 aliphatic carbocycles. The van der Waals surface area contributed by atoms with E-state index in [-0.39, 0.29) is 16.7 Å². The number of nitrogens with one attached hydrogen (secondary N) is 1. The topological polar surface area (TPSA) is 59.2 Å². The quantitative estimate of drug-likeness (QED) is 0.520. The van der Waals surface area contributed by atoms with Gasteiger partial charge in [0.2, 0.25) is 5.78 Å². The number of rotatable bonds is 3. The number of H-pyrrole nitrogens is 1. The molecule has 0 aliphatic rings. The zero-order chi connectivity index (χ0) is 12.6. The van der Waals surface area contributed by atoms with Crippen molar-refractivity contribution in [2.75, 3.05) is 7.11 Å². The third-order valence-corrected chi connectivity index (χ3v) is 2.56. The Balaban J connectivity index is 2.74. The summed E-state index contributed by atoms with van der Waals surface area (Å²) in [6.07, 6.45) is 1.25. The van der Waals surface area contributed by atoms with Crippen LogP contribution >= 0.6 is 11.6 Å². The molecule has 1 N–H and O–H groups in total. The fraction of sp³-hybridized carbons (Fsp3) is 0.0909. The van der Waals surface area contributed by atoms with Crippen molar-refractivity contribution < 1.29 is 18.7 Å². The molecule has 0 fully saturated rings. The molecule has 17 heavy (non-hydrogen) atoms. The lowest BCUT2D eigenvalue weighted by atomic mass is 10.1. The van der Waals surface area contributed by atoms with Gasteiger partial charge in [-0.3, -0.25) is 9.59 Å². The Morgan fingerprint density at radius 1 is 1.41 bits per heavy atom. The van der Waals surface area contributed by atoms with Gasteiger partial charge in [-0.15, -0.1) is 0 Å². The Morgan fingerprint density at radius 2 is 2.12 bits per heavy atom. The first-order chi connectivity index (χ1) is 8.06. The highest BCUT2D eigenvalue weighted by molar-refractivity contribution is 6.83. The summed E-state index contributed by atoms with van der Waals surface area (Å²) in [4.78, 5) is 25.0. The molecule has 1 heterocycles. The first-order valence-corrected chi connectivity index (χ1v) is 5.01. The molecule has 0 radical (unpaired) electrons. The van der Waals surface area contributed by atoms with Crippen molar-refractivity contribution in [1.82, 2.24) is 4.98 Å². The van der Waals surface area contributed by atoms with E-state index in [4.69, 9.17) is 16.3 Å². The summed E-state index contributed by atoms with van der Waals surface area (Å²) in [5.41, 5.74) is 0.293. The number of aromatic amines is 1. The number of hydrogen-bond acceptors (Lipinski definition) is 3.